The number of hydrogen-bond donors (Lipinski definition) is 5. The molecule has 0 radical (unpaired) electrons. The third kappa shape index (κ3) is 11.6. The van der Waals surface area contributed by atoms with Crippen molar-refractivity contribution >= 4 is 43.9 Å². The molecule has 0 saturated carbocycles. The summed E-state index contributed by atoms with van der Waals surface area (Å²) in [6, 6.07) is 6.00. The Morgan fingerprint density at radius 2 is 1.66 bits per heavy atom. The Morgan fingerprint density at radius 1 is 1.12 bits per heavy atom. The van der Waals surface area contributed by atoms with E-state index in [2.05, 4.69) is 16.3 Å². The molecule has 0 atom stereocenters. The van der Waals surface area contributed by atoms with Crippen LogP contribution < -0.4 is 20.7 Å². The van der Waals surface area contributed by atoms with Crippen LogP contribution in [0.15, 0.2) is 23.8 Å². The zero-order chi connectivity index (χ0) is 24.5. The predicted octanol–water partition coefficient (Wildman–Crippen LogP) is 0.470. The van der Waals surface area contributed by atoms with E-state index in [1.165, 1.54) is 12.8 Å². The Balaban J connectivity index is 0.000000431. The summed E-state index contributed by atoms with van der Waals surface area (Å²) in [5.74, 6) is 0.160. The molecule has 0 bridgehead atoms. The van der Waals surface area contributed by atoms with E-state index in [4.69, 9.17) is 25.0 Å². The van der Waals surface area contributed by atoms with Gasteiger partial charge >= 0.3 is 0 Å². The molecule has 14 heteroatoms. The molecule has 1 aromatic carbocycles. The van der Waals surface area contributed by atoms with Crippen LogP contribution in [0.2, 0.25) is 0 Å². The minimum Gasteiger partial charge on any atom is -0.490 e. The summed E-state index contributed by atoms with van der Waals surface area (Å²) in [4.78, 5) is 14.4. The Kier molecular flexibility index (Phi) is 10.1. The summed E-state index contributed by atoms with van der Waals surface area (Å²) in [6.45, 7) is 2.53. The molecule has 1 fully saturated rings. The molecular formula is C18H28N4O8S2. The first kappa shape index (κ1) is 27.4. The fourth-order valence-corrected chi connectivity index (χ4v) is 2.92. The lowest BCUT2D eigenvalue weighted by atomic mass is 10.1. The van der Waals surface area contributed by atoms with Gasteiger partial charge in [-0.15, -0.1) is 0 Å². The highest BCUT2D eigenvalue weighted by molar-refractivity contribution is 7.85. The number of nitrogens with two attached hydrogens (primary N) is 1. The molecule has 0 aromatic heterocycles. The number of fused-ring (bicyclic) bond motifs is 1. The topological polar surface area (TPSA) is 200 Å². The predicted molar refractivity (Wildman–Crippen MR) is 121 cm³/mol. The van der Waals surface area contributed by atoms with Crippen molar-refractivity contribution in [2.45, 2.75) is 19.3 Å². The number of rotatable bonds is 2. The van der Waals surface area contributed by atoms with Crippen molar-refractivity contribution in [3.8, 4) is 5.75 Å². The Bertz CT molecular complexity index is 1020. The van der Waals surface area contributed by atoms with Crippen molar-refractivity contribution in [3.05, 3.63) is 29.3 Å². The summed E-state index contributed by atoms with van der Waals surface area (Å²) >= 11 is 0. The molecule has 2 heterocycles. The summed E-state index contributed by atoms with van der Waals surface area (Å²) in [7, 11) is -7.33. The van der Waals surface area contributed by atoms with Crippen molar-refractivity contribution in [2.75, 3.05) is 37.1 Å². The fourth-order valence-electron chi connectivity index (χ4n) is 2.92. The summed E-state index contributed by atoms with van der Waals surface area (Å²) in [5.41, 5.74) is 7.80. The minimum absolute atomic E-state index is 0.337. The SMILES string of the molecule is CS(=O)(=O)O.CS(=O)(=O)O.N=C(N)NC(=O)C1=Cc2cccc(N3CCCC3)c2OCC1. The van der Waals surface area contributed by atoms with Crippen molar-refractivity contribution in [1.82, 2.24) is 5.32 Å². The molecule has 0 spiro atoms. The van der Waals surface area contributed by atoms with Gasteiger partial charge in [-0.05, 0) is 25.0 Å². The molecule has 6 N–H and O–H groups in total. The summed E-state index contributed by atoms with van der Waals surface area (Å²) in [6.07, 6.45) is 6.16. The summed E-state index contributed by atoms with van der Waals surface area (Å²) < 4.78 is 57.7. The average molecular weight is 493 g/mol. The van der Waals surface area contributed by atoms with Crippen LogP contribution >= 0.6 is 0 Å². The van der Waals surface area contributed by atoms with Gasteiger partial charge in [0.15, 0.2) is 5.96 Å². The lowest BCUT2D eigenvalue weighted by Gasteiger charge is -2.22. The quantitative estimate of drug-likeness (QED) is 0.219. The Morgan fingerprint density at radius 3 is 2.16 bits per heavy atom. The number of amides is 1. The van der Waals surface area contributed by atoms with Gasteiger partial charge in [-0.1, -0.05) is 12.1 Å². The second-order valence-electron chi connectivity index (χ2n) is 6.99. The number of carbonyl (C=O) groups is 1. The zero-order valence-corrected chi connectivity index (χ0v) is 19.4. The molecule has 2 aliphatic heterocycles. The number of nitrogens with zero attached hydrogens (tertiary/aromatic N) is 1. The van der Waals surface area contributed by atoms with Crippen LogP contribution in [-0.4, -0.2) is 70.0 Å². The second kappa shape index (κ2) is 11.8. The van der Waals surface area contributed by atoms with Gasteiger partial charge in [0.25, 0.3) is 26.1 Å². The van der Waals surface area contributed by atoms with E-state index in [1.807, 2.05) is 18.2 Å². The van der Waals surface area contributed by atoms with E-state index >= 15 is 0 Å². The Labute approximate surface area is 187 Å². The van der Waals surface area contributed by atoms with Crippen LogP contribution in [0.3, 0.4) is 0 Å². The van der Waals surface area contributed by atoms with Crippen molar-refractivity contribution in [3.63, 3.8) is 0 Å². The van der Waals surface area contributed by atoms with E-state index in [0.717, 1.165) is 30.1 Å². The van der Waals surface area contributed by atoms with Crippen molar-refractivity contribution in [2.24, 2.45) is 5.73 Å². The van der Waals surface area contributed by atoms with E-state index in [-0.39, 0.29) is 11.9 Å². The minimum atomic E-state index is -3.67. The van der Waals surface area contributed by atoms with Crippen molar-refractivity contribution < 1.29 is 35.5 Å². The third-order valence-corrected chi connectivity index (χ3v) is 3.96. The molecule has 2 aliphatic rings. The second-order valence-corrected chi connectivity index (χ2v) is 9.92. The fraction of sp³-hybridized carbons (Fsp3) is 0.444. The largest absolute Gasteiger partial charge is 0.490 e. The van der Waals surface area contributed by atoms with E-state index < -0.39 is 20.2 Å². The standard InChI is InChI=1S/C16H20N4O2.2CH4O3S/c17-16(18)19-15(21)12-6-9-22-14-11(10-12)4-3-5-13(14)20-7-1-2-8-20;2*1-5(2,3)4/h3-5,10H,1-2,6-9H2,(H4,17,18,19,21);2*1H3,(H,2,3,4). The molecular weight excluding hydrogens is 464 g/mol. The van der Waals surface area contributed by atoms with Crippen LogP contribution in [0.1, 0.15) is 24.8 Å². The van der Waals surface area contributed by atoms with Gasteiger partial charge in [0, 0.05) is 30.6 Å². The number of hydrogen-bond acceptors (Lipinski definition) is 8. The van der Waals surface area contributed by atoms with E-state index in [1.54, 1.807) is 0 Å². The molecule has 3 rings (SSSR count). The Hall–Kier alpha value is -2.68. The molecule has 180 valence electrons. The maximum absolute atomic E-state index is 12.0. The van der Waals surface area contributed by atoms with Crippen LogP contribution in [0.4, 0.5) is 5.69 Å². The van der Waals surface area contributed by atoms with Gasteiger partial charge in [0.1, 0.15) is 5.75 Å². The van der Waals surface area contributed by atoms with Gasteiger partial charge < -0.3 is 15.4 Å². The smallest absolute Gasteiger partial charge is 0.261 e. The number of benzene rings is 1. The number of anilines is 1. The van der Waals surface area contributed by atoms with Gasteiger partial charge in [0.2, 0.25) is 0 Å². The lowest BCUT2D eigenvalue weighted by Crippen LogP contribution is -2.36. The van der Waals surface area contributed by atoms with Gasteiger partial charge in [-0.3, -0.25) is 24.6 Å². The number of guanidine groups is 1. The maximum Gasteiger partial charge on any atom is 0.261 e. The molecule has 0 unspecified atom stereocenters. The number of nitrogens with one attached hydrogen (secondary N) is 2. The first-order chi connectivity index (χ1) is 14.6. The molecule has 0 aliphatic carbocycles. The number of carbonyl (C=O) groups excluding carboxylic acids is 1. The average Bonchev–Trinajstić information content (AvgIpc) is 3.03. The molecule has 1 amide bonds. The lowest BCUT2D eigenvalue weighted by molar-refractivity contribution is -0.116. The molecule has 1 saturated heterocycles. The van der Waals surface area contributed by atoms with Crippen LogP contribution in [0, 0.1) is 5.41 Å². The first-order valence-electron chi connectivity index (χ1n) is 9.36. The normalized spacial score (nSPS) is 15.4. The molecule has 1 aromatic rings. The summed E-state index contributed by atoms with van der Waals surface area (Å²) in [5, 5.41) is 9.50. The molecule has 12 nitrogen and oxygen atoms in total. The first-order valence-corrected chi connectivity index (χ1v) is 13.1. The van der Waals surface area contributed by atoms with Crippen LogP contribution in [-0.2, 0) is 25.0 Å². The van der Waals surface area contributed by atoms with Crippen molar-refractivity contribution in [1.29, 1.82) is 5.41 Å². The van der Waals surface area contributed by atoms with Crippen LogP contribution in [0.25, 0.3) is 6.08 Å². The number of para-hydroxylation sites is 1. The number of ether oxygens (including phenoxy) is 1. The van der Waals surface area contributed by atoms with E-state index in [0.29, 0.717) is 31.1 Å². The van der Waals surface area contributed by atoms with Gasteiger partial charge in [-0.25, -0.2) is 0 Å². The highest BCUT2D eigenvalue weighted by Gasteiger charge is 2.22. The highest BCUT2D eigenvalue weighted by Crippen LogP contribution is 2.37. The molecule has 32 heavy (non-hydrogen) atoms. The highest BCUT2D eigenvalue weighted by atomic mass is 32.2. The monoisotopic (exact) mass is 492 g/mol. The zero-order valence-electron chi connectivity index (χ0n) is 17.7. The van der Waals surface area contributed by atoms with Crippen LogP contribution in [0.5, 0.6) is 5.75 Å². The van der Waals surface area contributed by atoms with E-state index in [9.17, 15) is 21.6 Å². The third-order valence-electron chi connectivity index (χ3n) is 3.96. The maximum atomic E-state index is 12.0. The van der Waals surface area contributed by atoms with Gasteiger partial charge in [0.05, 0.1) is 24.8 Å². The van der Waals surface area contributed by atoms with Gasteiger partial charge in [-0.2, -0.15) is 16.8 Å².